The number of hydrogen-bond acceptors (Lipinski definition) is 4. The molecule has 0 bridgehead atoms. The van der Waals surface area contributed by atoms with Crippen molar-refractivity contribution in [1.82, 2.24) is 10.2 Å². The molecule has 134 valence electrons. The Morgan fingerprint density at radius 2 is 1.88 bits per heavy atom. The summed E-state index contributed by atoms with van der Waals surface area (Å²) in [7, 11) is 1.64. The summed E-state index contributed by atoms with van der Waals surface area (Å²) in [6.45, 7) is 6.53. The first-order valence-electron chi connectivity index (χ1n) is 8.10. The monoisotopic (exact) mass is 360 g/mol. The first-order chi connectivity index (χ1) is 11.9. The fourth-order valence-electron chi connectivity index (χ4n) is 2.60. The van der Waals surface area contributed by atoms with Gasteiger partial charge >= 0.3 is 0 Å². The van der Waals surface area contributed by atoms with Gasteiger partial charge in [-0.2, -0.15) is 0 Å². The molecular formula is C19H24N2O3S. The zero-order valence-corrected chi connectivity index (χ0v) is 15.9. The summed E-state index contributed by atoms with van der Waals surface area (Å²) in [6, 6.07) is 7.79. The summed E-state index contributed by atoms with van der Waals surface area (Å²) in [5, 5.41) is 2.74. The molecule has 25 heavy (non-hydrogen) atoms. The van der Waals surface area contributed by atoms with E-state index in [2.05, 4.69) is 38.2 Å². The van der Waals surface area contributed by atoms with Gasteiger partial charge in [-0.25, -0.2) is 0 Å². The second kappa shape index (κ2) is 8.76. The molecule has 0 aliphatic carbocycles. The summed E-state index contributed by atoms with van der Waals surface area (Å²) in [6.07, 6.45) is 1.56. The molecule has 0 saturated carbocycles. The van der Waals surface area contributed by atoms with Crippen molar-refractivity contribution in [2.24, 2.45) is 0 Å². The van der Waals surface area contributed by atoms with Gasteiger partial charge in [-0.05, 0) is 44.0 Å². The molecule has 2 aromatic rings. The van der Waals surface area contributed by atoms with Gasteiger partial charge in [-0.1, -0.05) is 17.7 Å². The first kappa shape index (κ1) is 19.1. The lowest BCUT2D eigenvalue weighted by Gasteiger charge is -2.17. The number of hydrogen-bond donors (Lipinski definition) is 1. The van der Waals surface area contributed by atoms with Crippen molar-refractivity contribution < 1.29 is 14.0 Å². The van der Waals surface area contributed by atoms with Crippen molar-refractivity contribution in [2.75, 3.05) is 19.3 Å². The number of carbonyl (C=O) groups excluding carboxylic acids is 2. The van der Waals surface area contributed by atoms with Crippen LogP contribution in [-0.2, 0) is 16.1 Å². The Kier molecular flexibility index (Phi) is 6.70. The van der Waals surface area contributed by atoms with Crippen LogP contribution in [0.25, 0.3) is 0 Å². The van der Waals surface area contributed by atoms with Gasteiger partial charge in [-0.15, -0.1) is 11.8 Å². The molecule has 0 aliphatic rings. The van der Waals surface area contributed by atoms with Gasteiger partial charge in [0, 0.05) is 11.9 Å². The number of carbonyl (C=O) groups is 2. The highest BCUT2D eigenvalue weighted by atomic mass is 32.2. The van der Waals surface area contributed by atoms with Crippen molar-refractivity contribution in [1.29, 1.82) is 0 Å². The van der Waals surface area contributed by atoms with Crippen LogP contribution in [0.3, 0.4) is 0 Å². The van der Waals surface area contributed by atoms with Gasteiger partial charge < -0.3 is 14.6 Å². The van der Waals surface area contributed by atoms with Crippen LogP contribution in [-0.4, -0.2) is 36.1 Å². The molecule has 0 atom stereocenters. The SMILES string of the molecule is Cc1cc(C)c(SCC(=O)N(C)CC(=O)NCc2ccco2)c(C)c1. The summed E-state index contributed by atoms with van der Waals surface area (Å²) in [4.78, 5) is 26.8. The standard InChI is InChI=1S/C19H24N2O3S/c1-13-8-14(2)19(15(3)9-13)25-12-18(23)21(4)11-17(22)20-10-16-6-5-7-24-16/h5-9H,10-12H2,1-4H3,(H,20,22). The van der Waals surface area contributed by atoms with Crippen molar-refractivity contribution >= 4 is 23.6 Å². The zero-order chi connectivity index (χ0) is 18.4. The van der Waals surface area contributed by atoms with Gasteiger partial charge in [0.15, 0.2) is 0 Å². The Morgan fingerprint density at radius 3 is 2.48 bits per heavy atom. The quantitative estimate of drug-likeness (QED) is 0.771. The molecule has 0 fully saturated rings. The minimum atomic E-state index is -0.208. The summed E-state index contributed by atoms with van der Waals surface area (Å²) in [5.41, 5.74) is 3.57. The second-order valence-corrected chi connectivity index (χ2v) is 7.11. The fourth-order valence-corrected chi connectivity index (χ4v) is 3.66. The molecule has 5 nitrogen and oxygen atoms in total. The Labute approximate surface area is 152 Å². The zero-order valence-electron chi connectivity index (χ0n) is 15.1. The fraction of sp³-hybridized carbons (Fsp3) is 0.368. The number of likely N-dealkylation sites (N-methyl/N-ethyl adjacent to an activating group) is 1. The van der Waals surface area contributed by atoms with Gasteiger partial charge in [-0.3, -0.25) is 9.59 Å². The third-order valence-electron chi connectivity index (χ3n) is 3.79. The largest absolute Gasteiger partial charge is 0.467 e. The molecule has 1 N–H and O–H groups in total. The molecule has 0 aliphatic heterocycles. The molecule has 0 radical (unpaired) electrons. The van der Waals surface area contributed by atoms with E-state index in [4.69, 9.17) is 4.42 Å². The number of furan rings is 1. The Morgan fingerprint density at radius 1 is 1.20 bits per heavy atom. The molecule has 1 aromatic heterocycles. The number of aryl methyl sites for hydroxylation is 3. The van der Waals surface area contributed by atoms with Gasteiger partial charge in [0.1, 0.15) is 5.76 Å². The lowest BCUT2D eigenvalue weighted by atomic mass is 10.1. The molecular weight excluding hydrogens is 336 g/mol. The van der Waals surface area contributed by atoms with Crippen LogP contribution < -0.4 is 5.32 Å². The topological polar surface area (TPSA) is 62.6 Å². The van der Waals surface area contributed by atoms with Crippen LogP contribution in [0.1, 0.15) is 22.5 Å². The van der Waals surface area contributed by atoms with E-state index in [9.17, 15) is 9.59 Å². The molecule has 0 spiro atoms. The minimum Gasteiger partial charge on any atom is -0.467 e. The Balaban J connectivity index is 1.81. The van der Waals surface area contributed by atoms with Crippen molar-refractivity contribution in [2.45, 2.75) is 32.2 Å². The predicted molar refractivity (Wildman–Crippen MR) is 99.6 cm³/mol. The van der Waals surface area contributed by atoms with Gasteiger partial charge in [0.05, 0.1) is 25.1 Å². The number of benzene rings is 1. The first-order valence-corrected chi connectivity index (χ1v) is 9.09. The van der Waals surface area contributed by atoms with Crippen molar-refractivity contribution in [3.05, 3.63) is 53.0 Å². The molecule has 2 rings (SSSR count). The maximum Gasteiger partial charge on any atom is 0.239 e. The molecule has 1 heterocycles. The molecule has 6 heteroatoms. The third-order valence-corrected chi connectivity index (χ3v) is 5.11. The lowest BCUT2D eigenvalue weighted by Crippen LogP contribution is -2.38. The smallest absolute Gasteiger partial charge is 0.239 e. The number of thioether (sulfide) groups is 1. The highest BCUT2D eigenvalue weighted by Crippen LogP contribution is 2.27. The predicted octanol–water partition coefficient (Wildman–Crippen LogP) is 3.07. The highest BCUT2D eigenvalue weighted by Gasteiger charge is 2.15. The summed E-state index contributed by atoms with van der Waals surface area (Å²) >= 11 is 1.52. The molecule has 2 amide bonds. The maximum atomic E-state index is 12.3. The van der Waals surface area contributed by atoms with E-state index >= 15 is 0 Å². The Bertz CT molecular complexity index is 718. The van der Waals surface area contributed by atoms with E-state index in [0.29, 0.717) is 18.1 Å². The van der Waals surface area contributed by atoms with E-state index in [0.717, 1.165) is 4.90 Å². The maximum absolute atomic E-state index is 12.3. The van der Waals surface area contributed by atoms with Crippen LogP contribution in [0.4, 0.5) is 0 Å². The number of nitrogens with zero attached hydrogens (tertiary/aromatic N) is 1. The van der Waals surface area contributed by atoms with E-state index in [1.54, 1.807) is 25.4 Å². The normalized spacial score (nSPS) is 10.6. The molecule has 0 saturated heterocycles. The summed E-state index contributed by atoms with van der Waals surface area (Å²) in [5.74, 6) is 0.716. The highest BCUT2D eigenvalue weighted by molar-refractivity contribution is 8.00. The van der Waals surface area contributed by atoms with E-state index in [1.807, 2.05) is 0 Å². The Hall–Kier alpha value is -2.21. The van der Waals surface area contributed by atoms with Crippen LogP contribution in [0.15, 0.2) is 39.8 Å². The van der Waals surface area contributed by atoms with Crippen LogP contribution >= 0.6 is 11.8 Å². The van der Waals surface area contributed by atoms with Gasteiger partial charge in [0.2, 0.25) is 11.8 Å². The van der Waals surface area contributed by atoms with Crippen LogP contribution in [0.5, 0.6) is 0 Å². The molecule has 0 unspecified atom stereocenters. The van der Waals surface area contributed by atoms with Crippen molar-refractivity contribution in [3.63, 3.8) is 0 Å². The molecule has 1 aromatic carbocycles. The lowest BCUT2D eigenvalue weighted by molar-refractivity contribution is -0.132. The van der Waals surface area contributed by atoms with Crippen LogP contribution in [0.2, 0.25) is 0 Å². The number of amides is 2. The van der Waals surface area contributed by atoms with Gasteiger partial charge in [0.25, 0.3) is 0 Å². The average molecular weight is 360 g/mol. The number of rotatable bonds is 7. The van der Waals surface area contributed by atoms with E-state index in [1.165, 1.54) is 33.4 Å². The average Bonchev–Trinajstić information content (AvgIpc) is 3.05. The van der Waals surface area contributed by atoms with E-state index in [-0.39, 0.29) is 18.4 Å². The van der Waals surface area contributed by atoms with Crippen molar-refractivity contribution in [3.8, 4) is 0 Å². The minimum absolute atomic E-state index is 0.0337. The van der Waals surface area contributed by atoms with E-state index < -0.39 is 0 Å². The second-order valence-electron chi connectivity index (χ2n) is 6.12. The number of nitrogens with one attached hydrogen (secondary N) is 1. The van der Waals surface area contributed by atoms with Crippen LogP contribution in [0, 0.1) is 20.8 Å². The summed E-state index contributed by atoms with van der Waals surface area (Å²) < 4.78 is 5.16. The third kappa shape index (κ3) is 5.67.